The van der Waals surface area contributed by atoms with Crippen LogP contribution >= 0.6 is 0 Å². The number of rotatable bonds is 9. The van der Waals surface area contributed by atoms with Gasteiger partial charge in [-0.1, -0.05) is 31.8 Å². The molecule has 3 heterocycles. The lowest BCUT2D eigenvalue weighted by Crippen LogP contribution is -2.52. The topological polar surface area (TPSA) is 99.9 Å². The number of nitrogens with one attached hydrogen (secondary N) is 1. The maximum absolute atomic E-state index is 14.0. The second-order valence-corrected chi connectivity index (χ2v) is 12.0. The summed E-state index contributed by atoms with van der Waals surface area (Å²) in [7, 11) is 1.45. The average Bonchev–Trinajstić information content (AvgIpc) is 3.03. The summed E-state index contributed by atoms with van der Waals surface area (Å²) < 4.78 is 1.95. The summed E-state index contributed by atoms with van der Waals surface area (Å²) in [5.74, 6) is 1.04. The smallest absolute Gasteiger partial charge is 0.305 e. The highest BCUT2D eigenvalue weighted by Crippen LogP contribution is 2.47. The van der Waals surface area contributed by atoms with E-state index in [4.69, 9.17) is 4.84 Å². The molecule has 0 amide bonds. The highest BCUT2D eigenvalue weighted by atomic mass is 16.7. The second-order valence-electron chi connectivity index (χ2n) is 12.0. The third-order valence-corrected chi connectivity index (χ3v) is 9.60. The molecule has 0 aromatic carbocycles. The van der Waals surface area contributed by atoms with E-state index in [0.29, 0.717) is 18.1 Å². The number of aromatic nitrogens is 2. The van der Waals surface area contributed by atoms with Gasteiger partial charge in [-0.2, -0.15) is 0 Å². The standard InChI is InChI=1S/C29H45N5O4/c1-4-7-26-19(2)33(29(37)28(30-26)32(31-38-3)13-12-27(35)36)25-17-22-10-11-23(18-25)34(22)24-15-20-8-5-6-9-21(14-20)16-24/h4,7,20-25,31H,5-6,8-18H2,1-3H3,(H,35,36). The van der Waals surface area contributed by atoms with Crippen LogP contribution in [-0.2, 0) is 9.63 Å². The molecule has 4 fully saturated rings. The van der Waals surface area contributed by atoms with E-state index in [1.165, 1.54) is 69.9 Å². The number of hydrogen-bond acceptors (Lipinski definition) is 7. The second kappa shape index (κ2) is 11.9. The SMILES string of the molecule is CC=Cc1nc(N(CCC(=O)O)NOC)c(=O)n(C2CC3CCC(C2)N3C2CC3CCCCC(C3)C2)c1C. The summed E-state index contributed by atoms with van der Waals surface area (Å²) in [6, 6.07) is 1.86. The Morgan fingerprint density at radius 3 is 2.29 bits per heavy atom. The molecule has 4 bridgehead atoms. The van der Waals surface area contributed by atoms with Crippen LogP contribution in [-0.4, -0.2) is 57.3 Å². The van der Waals surface area contributed by atoms with Gasteiger partial charge in [-0.25, -0.2) is 4.98 Å². The molecule has 4 atom stereocenters. The van der Waals surface area contributed by atoms with E-state index >= 15 is 0 Å². The van der Waals surface area contributed by atoms with Crippen LogP contribution in [0.3, 0.4) is 0 Å². The van der Waals surface area contributed by atoms with Crippen molar-refractivity contribution in [2.75, 3.05) is 18.7 Å². The molecular weight excluding hydrogens is 482 g/mol. The molecule has 38 heavy (non-hydrogen) atoms. The lowest BCUT2D eigenvalue weighted by Gasteiger charge is -2.48. The van der Waals surface area contributed by atoms with Gasteiger partial charge in [0.1, 0.15) is 0 Å². The molecule has 5 rings (SSSR count). The summed E-state index contributed by atoms with van der Waals surface area (Å²) in [5, 5.41) is 10.7. The molecule has 4 unspecified atom stereocenters. The number of aliphatic carboxylic acids is 1. The molecule has 2 N–H and O–H groups in total. The largest absolute Gasteiger partial charge is 0.481 e. The van der Waals surface area contributed by atoms with E-state index in [2.05, 4.69) is 15.5 Å². The Kier molecular flexibility index (Phi) is 8.55. The minimum absolute atomic E-state index is 0.0669. The zero-order valence-corrected chi connectivity index (χ0v) is 23.3. The number of anilines is 1. The Balaban J connectivity index is 1.43. The van der Waals surface area contributed by atoms with Gasteiger partial charge in [0.15, 0.2) is 0 Å². The third-order valence-electron chi connectivity index (χ3n) is 9.60. The van der Waals surface area contributed by atoms with Crippen LogP contribution in [0.5, 0.6) is 0 Å². The predicted octanol–water partition coefficient (Wildman–Crippen LogP) is 4.46. The van der Waals surface area contributed by atoms with Gasteiger partial charge in [-0.3, -0.25) is 24.3 Å². The highest BCUT2D eigenvalue weighted by Gasteiger charge is 2.47. The van der Waals surface area contributed by atoms with Crippen LogP contribution in [0.25, 0.3) is 6.08 Å². The lowest BCUT2D eigenvalue weighted by molar-refractivity contribution is -0.136. The molecule has 4 aliphatic rings. The molecule has 2 saturated carbocycles. The van der Waals surface area contributed by atoms with Crippen molar-refractivity contribution in [2.24, 2.45) is 11.8 Å². The molecule has 1 aromatic heterocycles. The number of nitrogens with zero attached hydrogens (tertiary/aromatic N) is 4. The first-order valence-corrected chi connectivity index (χ1v) is 14.7. The molecule has 1 aromatic rings. The summed E-state index contributed by atoms with van der Waals surface area (Å²) >= 11 is 0. The monoisotopic (exact) mass is 527 g/mol. The van der Waals surface area contributed by atoms with Crippen LogP contribution in [0.4, 0.5) is 5.82 Å². The van der Waals surface area contributed by atoms with Crippen LogP contribution in [0.2, 0.25) is 0 Å². The number of hydrazine groups is 1. The van der Waals surface area contributed by atoms with Gasteiger partial charge in [0.2, 0.25) is 5.82 Å². The minimum Gasteiger partial charge on any atom is -0.481 e. The Labute approximate surface area is 226 Å². The maximum Gasteiger partial charge on any atom is 0.305 e. The Morgan fingerprint density at radius 1 is 1.05 bits per heavy atom. The molecule has 0 spiro atoms. The fourth-order valence-corrected chi connectivity index (χ4v) is 8.17. The number of hydrogen-bond donors (Lipinski definition) is 2. The third kappa shape index (κ3) is 5.56. The lowest BCUT2D eigenvalue weighted by atomic mass is 9.76. The number of carboxylic acid groups (broad SMARTS) is 1. The van der Waals surface area contributed by atoms with Crippen molar-refractivity contribution in [1.82, 2.24) is 20.0 Å². The van der Waals surface area contributed by atoms with Crippen molar-refractivity contribution in [2.45, 2.75) is 115 Å². The van der Waals surface area contributed by atoms with E-state index in [1.54, 1.807) is 0 Å². The molecule has 2 saturated heterocycles. The number of allylic oxidation sites excluding steroid dienone is 1. The Hall–Kier alpha value is -2.23. The first-order chi connectivity index (χ1) is 18.4. The molecule has 9 heteroatoms. The van der Waals surface area contributed by atoms with E-state index in [1.807, 2.05) is 30.6 Å². The van der Waals surface area contributed by atoms with E-state index in [0.717, 1.165) is 36.1 Å². The first-order valence-electron chi connectivity index (χ1n) is 14.7. The van der Waals surface area contributed by atoms with Gasteiger partial charge in [0, 0.05) is 36.4 Å². The fourth-order valence-electron chi connectivity index (χ4n) is 8.17. The predicted molar refractivity (Wildman–Crippen MR) is 148 cm³/mol. The van der Waals surface area contributed by atoms with Gasteiger partial charge >= 0.3 is 5.97 Å². The number of fused-ring (bicyclic) bond motifs is 4. The highest BCUT2D eigenvalue weighted by molar-refractivity contribution is 5.67. The van der Waals surface area contributed by atoms with Crippen molar-refractivity contribution >= 4 is 17.9 Å². The van der Waals surface area contributed by atoms with Crippen molar-refractivity contribution in [1.29, 1.82) is 0 Å². The van der Waals surface area contributed by atoms with Crippen LogP contribution in [0.1, 0.15) is 101 Å². The van der Waals surface area contributed by atoms with Crippen LogP contribution in [0, 0.1) is 18.8 Å². The van der Waals surface area contributed by atoms with Crippen LogP contribution < -0.4 is 16.2 Å². The number of carbonyl (C=O) groups is 1. The molecule has 0 radical (unpaired) electrons. The Morgan fingerprint density at radius 2 is 1.71 bits per heavy atom. The van der Waals surface area contributed by atoms with Gasteiger partial charge in [0.05, 0.1) is 19.2 Å². The first kappa shape index (κ1) is 27.3. The number of piperidine rings is 1. The van der Waals surface area contributed by atoms with E-state index in [-0.39, 0.29) is 30.4 Å². The molecule has 210 valence electrons. The average molecular weight is 528 g/mol. The minimum atomic E-state index is -0.944. The molecule has 2 aliphatic carbocycles. The normalized spacial score (nSPS) is 31.4. The van der Waals surface area contributed by atoms with Gasteiger partial charge < -0.3 is 9.67 Å². The summed E-state index contributed by atoms with van der Waals surface area (Å²) in [5.41, 5.74) is 4.09. The number of carboxylic acids is 1. The summed E-state index contributed by atoms with van der Waals surface area (Å²) in [4.78, 5) is 37.9. The zero-order chi connectivity index (χ0) is 26.8. The summed E-state index contributed by atoms with van der Waals surface area (Å²) in [6.45, 7) is 3.99. The van der Waals surface area contributed by atoms with Gasteiger partial charge in [-0.15, -0.1) is 5.59 Å². The van der Waals surface area contributed by atoms with Crippen molar-refractivity contribution < 1.29 is 14.7 Å². The van der Waals surface area contributed by atoms with E-state index in [9.17, 15) is 14.7 Å². The molecule has 2 aliphatic heterocycles. The Bertz CT molecular complexity index is 1060. The van der Waals surface area contributed by atoms with Gasteiger partial charge in [0.25, 0.3) is 5.56 Å². The quantitative estimate of drug-likeness (QED) is 0.454. The van der Waals surface area contributed by atoms with Gasteiger partial charge in [-0.05, 0) is 76.7 Å². The molecule has 9 nitrogen and oxygen atoms in total. The van der Waals surface area contributed by atoms with Crippen LogP contribution in [0.15, 0.2) is 10.9 Å². The summed E-state index contributed by atoms with van der Waals surface area (Å²) in [6.07, 6.45) is 17.9. The fraction of sp³-hybridized carbons (Fsp3) is 0.759. The van der Waals surface area contributed by atoms with E-state index < -0.39 is 5.97 Å². The van der Waals surface area contributed by atoms with Crippen molar-refractivity contribution in [3.05, 3.63) is 27.8 Å². The van der Waals surface area contributed by atoms with Crippen molar-refractivity contribution in [3.8, 4) is 0 Å². The molecular formula is C29H45N5O4. The zero-order valence-electron chi connectivity index (χ0n) is 23.3. The maximum atomic E-state index is 14.0. The van der Waals surface area contributed by atoms with Crippen molar-refractivity contribution in [3.63, 3.8) is 0 Å².